The van der Waals surface area contributed by atoms with E-state index < -0.39 is 67.4 Å². The topological polar surface area (TPSA) is 278 Å². The summed E-state index contributed by atoms with van der Waals surface area (Å²) in [5, 5.41) is 53.7. The fourth-order valence-corrected chi connectivity index (χ4v) is 5.27. The molecule has 4 unspecified atom stereocenters. The lowest BCUT2D eigenvalue weighted by Crippen LogP contribution is -2.66. The first kappa shape index (κ1) is 45.3. The summed E-state index contributed by atoms with van der Waals surface area (Å²) in [5.74, 6) is -0.448. The van der Waals surface area contributed by atoms with Crippen LogP contribution in [0.5, 0.6) is 0 Å². The Labute approximate surface area is 296 Å². The molecule has 0 saturated carbocycles. The van der Waals surface area contributed by atoms with E-state index in [2.05, 4.69) is 10.0 Å². The third kappa shape index (κ3) is 16.4. The van der Waals surface area contributed by atoms with E-state index in [9.17, 15) is 25.2 Å². The molecule has 2 aliphatic heterocycles. The van der Waals surface area contributed by atoms with E-state index in [-0.39, 0.29) is 79.0 Å². The number of esters is 1. The number of methoxy groups -OCH3 is 2. The molecule has 0 aliphatic carbocycles. The molecule has 2 rings (SSSR count). The monoisotopic (exact) mass is 745 g/mol. The molecule has 0 aromatic rings. The van der Waals surface area contributed by atoms with E-state index in [0.29, 0.717) is 32.8 Å². The number of hydrogen-bond donors (Lipinski definition) is 5. The predicted molar refractivity (Wildman–Crippen MR) is 170 cm³/mol. The largest absolute Gasteiger partial charge is 0.463 e. The minimum Gasteiger partial charge on any atom is -0.463 e. The Bertz CT molecular complexity index is 952. The average Bonchev–Trinajstić information content (AvgIpc) is 3.13. The van der Waals surface area contributed by atoms with Crippen LogP contribution in [-0.2, 0) is 61.6 Å². The van der Waals surface area contributed by atoms with Crippen molar-refractivity contribution in [2.45, 2.75) is 74.3 Å². The highest BCUT2D eigenvalue weighted by molar-refractivity contribution is 5.69. The zero-order valence-corrected chi connectivity index (χ0v) is 29.2. The van der Waals surface area contributed by atoms with Gasteiger partial charge >= 0.3 is 5.97 Å². The van der Waals surface area contributed by atoms with E-state index in [4.69, 9.17) is 67.5 Å². The molecule has 10 atom stereocenters. The van der Waals surface area contributed by atoms with Crippen LogP contribution >= 0.6 is 0 Å². The summed E-state index contributed by atoms with van der Waals surface area (Å²) in [6.45, 7) is -0.0492. The Morgan fingerprint density at radius 2 is 1.25 bits per heavy atom. The van der Waals surface area contributed by atoms with Crippen molar-refractivity contribution in [2.24, 2.45) is 5.11 Å². The van der Waals surface area contributed by atoms with Gasteiger partial charge in [-0.15, -0.1) is 0 Å². The molecule has 5 N–H and O–H groups in total. The Morgan fingerprint density at radius 3 is 1.88 bits per heavy atom. The molecular formula is C30H55N3O18. The highest BCUT2D eigenvalue weighted by atomic mass is 16.8. The maximum atomic E-state index is 12.1. The predicted octanol–water partition coefficient (Wildman–Crippen LogP) is -2.35. The van der Waals surface area contributed by atoms with Crippen molar-refractivity contribution in [3.05, 3.63) is 10.4 Å². The standard InChI is InChI=1S/C30H55N3O18/c1-40-25-20(18-44-11-6-34)50-30(24(39)27(25)47-12-7-35)51-26-21(49-29(41-2)23(38)28(26)48-13-8-36)19-45-16-17-46-22(37)4-3-9-42-14-15-43-10-5-32-33-31/h20-21,23-30,34-36,38-39H,3-19H2,1-2H3/t20?,21?,23?,24?,25-,26+,27-,28-,29+,30-/m1/s1. The first-order chi connectivity index (χ1) is 24.9. The molecule has 21 nitrogen and oxygen atoms in total. The summed E-state index contributed by atoms with van der Waals surface area (Å²) in [6.07, 6.45) is -11.0. The molecule has 51 heavy (non-hydrogen) atoms. The lowest BCUT2D eigenvalue weighted by atomic mass is 9.96. The molecule has 0 amide bonds. The summed E-state index contributed by atoms with van der Waals surface area (Å²) in [4.78, 5) is 14.8. The molecule has 0 spiro atoms. The second-order valence-corrected chi connectivity index (χ2v) is 11.1. The van der Waals surface area contributed by atoms with E-state index in [0.717, 1.165) is 0 Å². The lowest BCUT2D eigenvalue weighted by molar-refractivity contribution is -0.365. The van der Waals surface area contributed by atoms with E-state index in [1.807, 2.05) is 0 Å². The van der Waals surface area contributed by atoms with Crippen molar-refractivity contribution in [3.8, 4) is 0 Å². The number of aliphatic hydroxyl groups is 5. The second kappa shape index (κ2) is 27.7. The maximum absolute atomic E-state index is 12.1. The number of nitrogens with zero attached hydrogens (tertiary/aromatic N) is 3. The third-order valence-corrected chi connectivity index (χ3v) is 7.56. The molecule has 298 valence electrons. The zero-order valence-electron chi connectivity index (χ0n) is 29.2. The SMILES string of the molecule is CO[C@H]1OC(COCCOC(=O)CCCOCCOCCN=[N+]=[N-])[C@H](O[C@H]2OC(COCCO)[C@@H](OC)[C@H](OCCO)C2O)[C@H](OCCO)C1O. The quantitative estimate of drug-likeness (QED) is 0.0176. The number of aliphatic hydroxyl groups excluding tert-OH is 5. The molecule has 2 heterocycles. The summed E-state index contributed by atoms with van der Waals surface area (Å²) in [5.41, 5.74) is 8.21. The second-order valence-electron chi connectivity index (χ2n) is 11.1. The van der Waals surface area contributed by atoms with Gasteiger partial charge in [0.25, 0.3) is 0 Å². The lowest BCUT2D eigenvalue weighted by Gasteiger charge is -2.48. The first-order valence-corrected chi connectivity index (χ1v) is 16.8. The van der Waals surface area contributed by atoms with Gasteiger partial charge < -0.3 is 82.4 Å². The van der Waals surface area contributed by atoms with Gasteiger partial charge in [-0.2, -0.15) is 0 Å². The molecular weight excluding hydrogens is 690 g/mol. The van der Waals surface area contributed by atoms with Gasteiger partial charge in [-0.05, 0) is 12.0 Å². The van der Waals surface area contributed by atoms with Gasteiger partial charge in [-0.25, -0.2) is 0 Å². The van der Waals surface area contributed by atoms with Crippen LogP contribution in [0, 0.1) is 0 Å². The van der Waals surface area contributed by atoms with Gasteiger partial charge in [0.15, 0.2) is 12.6 Å². The van der Waals surface area contributed by atoms with Gasteiger partial charge in [0, 0.05) is 38.7 Å². The van der Waals surface area contributed by atoms with Gasteiger partial charge in [0.2, 0.25) is 0 Å². The van der Waals surface area contributed by atoms with Crippen molar-refractivity contribution in [1.29, 1.82) is 0 Å². The summed E-state index contributed by atoms with van der Waals surface area (Å²) >= 11 is 0. The van der Waals surface area contributed by atoms with E-state index in [1.165, 1.54) is 14.2 Å². The Morgan fingerprint density at radius 1 is 0.686 bits per heavy atom. The van der Waals surface area contributed by atoms with Crippen LogP contribution in [0.1, 0.15) is 12.8 Å². The van der Waals surface area contributed by atoms with Crippen molar-refractivity contribution in [2.75, 3.05) is 113 Å². The fourth-order valence-electron chi connectivity index (χ4n) is 5.27. The van der Waals surface area contributed by atoms with Crippen molar-refractivity contribution < 1.29 is 87.2 Å². The molecule has 0 radical (unpaired) electrons. The van der Waals surface area contributed by atoms with Crippen molar-refractivity contribution in [1.82, 2.24) is 0 Å². The molecule has 21 heteroatoms. The number of carbonyl (C=O) groups excluding carboxylic acids is 1. The van der Waals surface area contributed by atoms with E-state index >= 15 is 0 Å². The molecule has 2 aliphatic rings. The van der Waals surface area contributed by atoms with Crippen molar-refractivity contribution >= 4 is 5.97 Å². The molecule has 2 saturated heterocycles. The van der Waals surface area contributed by atoms with E-state index in [1.54, 1.807) is 0 Å². The number of rotatable bonds is 29. The minimum atomic E-state index is -1.47. The van der Waals surface area contributed by atoms with Crippen LogP contribution in [0.2, 0.25) is 0 Å². The van der Waals surface area contributed by atoms with Crippen molar-refractivity contribution in [3.63, 3.8) is 0 Å². The van der Waals surface area contributed by atoms with Gasteiger partial charge in [0.1, 0.15) is 55.4 Å². The first-order valence-electron chi connectivity index (χ1n) is 16.8. The van der Waals surface area contributed by atoms with Gasteiger partial charge in [-0.3, -0.25) is 4.79 Å². The highest BCUT2D eigenvalue weighted by Gasteiger charge is 2.52. The minimum absolute atomic E-state index is 0.00672. The normalized spacial score (nSPS) is 29.5. The van der Waals surface area contributed by atoms with Gasteiger partial charge in [-0.1, -0.05) is 5.11 Å². The molecule has 0 bridgehead atoms. The number of azide groups is 1. The fraction of sp³-hybridized carbons (Fsp3) is 0.967. The third-order valence-electron chi connectivity index (χ3n) is 7.56. The number of ether oxygens (including phenoxy) is 12. The molecule has 0 aromatic carbocycles. The average molecular weight is 746 g/mol. The summed E-state index contributed by atoms with van der Waals surface area (Å²) in [7, 11) is 2.71. The van der Waals surface area contributed by atoms with Crippen LogP contribution < -0.4 is 0 Å². The van der Waals surface area contributed by atoms with Crippen LogP contribution in [0.3, 0.4) is 0 Å². The Hall–Kier alpha value is -1.86. The molecule has 0 aromatic heterocycles. The maximum Gasteiger partial charge on any atom is 0.305 e. The smallest absolute Gasteiger partial charge is 0.305 e. The Kier molecular flexibility index (Phi) is 24.6. The zero-order chi connectivity index (χ0) is 37.3. The van der Waals surface area contributed by atoms with Crippen LogP contribution in [0.25, 0.3) is 10.4 Å². The van der Waals surface area contributed by atoms with Gasteiger partial charge in [0.05, 0.1) is 79.3 Å². The molecule has 2 fully saturated rings. The van der Waals surface area contributed by atoms with Crippen LogP contribution in [0.15, 0.2) is 5.11 Å². The Balaban J connectivity index is 1.99. The summed E-state index contributed by atoms with van der Waals surface area (Å²) in [6, 6.07) is 0. The highest BCUT2D eigenvalue weighted by Crippen LogP contribution is 2.32. The van der Waals surface area contributed by atoms with Crippen LogP contribution in [0.4, 0.5) is 0 Å². The number of carbonyl (C=O) groups is 1. The number of hydrogen-bond acceptors (Lipinski definition) is 19. The van der Waals surface area contributed by atoms with Crippen LogP contribution in [-0.4, -0.2) is 206 Å². The summed E-state index contributed by atoms with van der Waals surface area (Å²) < 4.78 is 67.6.